The number of carbonyl (C=O) groups excluding carboxylic acids is 1. The van der Waals surface area contributed by atoms with Crippen LogP contribution in [-0.4, -0.2) is 32.8 Å². The highest BCUT2D eigenvalue weighted by Crippen LogP contribution is 2.24. The van der Waals surface area contributed by atoms with Gasteiger partial charge in [0, 0.05) is 23.6 Å². The third-order valence-corrected chi connectivity index (χ3v) is 5.49. The summed E-state index contributed by atoms with van der Waals surface area (Å²) in [5.74, 6) is -0.0471. The van der Waals surface area contributed by atoms with E-state index < -0.39 is 0 Å². The van der Waals surface area contributed by atoms with Crippen molar-refractivity contribution in [1.29, 1.82) is 0 Å². The van der Waals surface area contributed by atoms with E-state index in [1.165, 1.54) is 28.4 Å². The number of amides is 1. The summed E-state index contributed by atoms with van der Waals surface area (Å²) in [6.45, 7) is 2.06. The van der Waals surface area contributed by atoms with Gasteiger partial charge in [0.15, 0.2) is 0 Å². The highest BCUT2D eigenvalue weighted by molar-refractivity contribution is 7.17. The second-order valence-corrected chi connectivity index (χ2v) is 7.41. The Balaban J connectivity index is 1.56. The number of fused-ring (bicyclic) bond motifs is 2. The van der Waals surface area contributed by atoms with E-state index in [1.54, 1.807) is 19.2 Å². The molecule has 0 aliphatic heterocycles. The number of likely N-dealkylation sites (N-methyl/N-ethyl adjacent to an activating group) is 1. The first-order valence-electron chi connectivity index (χ1n) is 8.39. The van der Waals surface area contributed by atoms with Crippen LogP contribution < -0.4 is 5.56 Å². The molecule has 1 aromatic carbocycles. The van der Waals surface area contributed by atoms with E-state index in [-0.39, 0.29) is 30.2 Å². The lowest BCUT2D eigenvalue weighted by atomic mass is 10.1. The van der Waals surface area contributed by atoms with Gasteiger partial charge in [-0.1, -0.05) is 0 Å². The fraction of sp³-hybridized carbons (Fsp3) is 0.211. The number of hydrogen-bond acceptors (Lipinski definition) is 4. The maximum absolute atomic E-state index is 13.6. The minimum atomic E-state index is -0.339. The first-order valence-corrected chi connectivity index (χ1v) is 9.27. The molecule has 0 bridgehead atoms. The second-order valence-electron chi connectivity index (χ2n) is 6.49. The van der Waals surface area contributed by atoms with Crippen LogP contribution in [0.5, 0.6) is 0 Å². The van der Waals surface area contributed by atoms with E-state index in [1.807, 2.05) is 12.3 Å². The Labute approximate surface area is 157 Å². The summed E-state index contributed by atoms with van der Waals surface area (Å²) in [5.41, 5.74) is 2.84. The molecule has 1 amide bonds. The largest absolute Gasteiger partial charge is 0.358 e. The first kappa shape index (κ1) is 17.4. The molecule has 2 N–H and O–H groups in total. The van der Waals surface area contributed by atoms with E-state index in [9.17, 15) is 14.0 Å². The van der Waals surface area contributed by atoms with Crippen LogP contribution in [-0.2, 0) is 17.8 Å². The predicted octanol–water partition coefficient (Wildman–Crippen LogP) is 3.11. The standard InChI is InChI=1S/C19H17FN4O2S/c1-10-12(13-7-11(20)3-4-14(13)21-10)8-17(25)24(2)9-16-22-15-5-6-27-18(15)19(26)23-16/h3-7,21H,8-9H2,1-2H3,(H,22,23,26). The molecule has 4 rings (SSSR count). The fourth-order valence-corrected chi connectivity index (χ4v) is 3.90. The van der Waals surface area contributed by atoms with Crippen molar-refractivity contribution in [3.8, 4) is 0 Å². The molecular formula is C19H17FN4O2S. The number of nitrogens with one attached hydrogen (secondary N) is 2. The maximum atomic E-state index is 13.6. The van der Waals surface area contributed by atoms with Gasteiger partial charge in [0.05, 0.1) is 18.5 Å². The Morgan fingerprint density at radius 1 is 1.30 bits per heavy atom. The van der Waals surface area contributed by atoms with E-state index in [2.05, 4.69) is 15.0 Å². The lowest BCUT2D eigenvalue weighted by molar-refractivity contribution is -0.129. The summed E-state index contributed by atoms with van der Waals surface area (Å²) in [6, 6.07) is 6.27. The third-order valence-electron chi connectivity index (χ3n) is 4.59. The topological polar surface area (TPSA) is 81.8 Å². The molecule has 0 unspecified atom stereocenters. The van der Waals surface area contributed by atoms with E-state index in [0.717, 1.165) is 16.8 Å². The summed E-state index contributed by atoms with van der Waals surface area (Å²) < 4.78 is 14.2. The molecule has 8 heteroatoms. The third kappa shape index (κ3) is 3.23. The zero-order valence-electron chi connectivity index (χ0n) is 14.8. The molecule has 0 spiro atoms. The zero-order chi connectivity index (χ0) is 19.1. The summed E-state index contributed by atoms with van der Waals surface area (Å²) in [6.07, 6.45) is 0.136. The smallest absolute Gasteiger partial charge is 0.268 e. The number of aryl methyl sites for hydroxylation is 1. The van der Waals surface area contributed by atoms with Crippen molar-refractivity contribution >= 4 is 38.4 Å². The van der Waals surface area contributed by atoms with Gasteiger partial charge in [0.25, 0.3) is 5.56 Å². The average molecular weight is 384 g/mol. The van der Waals surface area contributed by atoms with Crippen LogP contribution in [0.3, 0.4) is 0 Å². The molecule has 3 aromatic heterocycles. The molecule has 138 valence electrons. The van der Waals surface area contributed by atoms with Crippen molar-refractivity contribution in [2.75, 3.05) is 7.05 Å². The van der Waals surface area contributed by atoms with Gasteiger partial charge >= 0.3 is 0 Å². The fourth-order valence-electron chi connectivity index (χ4n) is 3.18. The highest BCUT2D eigenvalue weighted by atomic mass is 32.1. The molecule has 0 aliphatic rings. The number of benzene rings is 1. The van der Waals surface area contributed by atoms with Crippen molar-refractivity contribution in [3.63, 3.8) is 0 Å². The summed E-state index contributed by atoms with van der Waals surface area (Å²) in [4.78, 5) is 36.6. The molecule has 3 heterocycles. The summed E-state index contributed by atoms with van der Waals surface area (Å²) in [5, 5.41) is 2.52. The Morgan fingerprint density at radius 3 is 2.93 bits per heavy atom. The van der Waals surface area contributed by atoms with Crippen LogP contribution in [0, 0.1) is 12.7 Å². The number of halogens is 1. The predicted molar refractivity (Wildman–Crippen MR) is 103 cm³/mol. The first-order chi connectivity index (χ1) is 12.9. The number of carbonyl (C=O) groups is 1. The quantitative estimate of drug-likeness (QED) is 0.567. The summed E-state index contributed by atoms with van der Waals surface area (Å²) >= 11 is 1.33. The molecule has 27 heavy (non-hydrogen) atoms. The highest BCUT2D eigenvalue weighted by Gasteiger charge is 2.17. The number of nitrogens with zero attached hydrogens (tertiary/aromatic N) is 2. The average Bonchev–Trinajstić information content (AvgIpc) is 3.20. The van der Waals surface area contributed by atoms with Gasteiger partial charge in [0.1, 0.15) is 16.3 Å². The monoisotopic (exact) mass is 384 g/mol. The minimum Gasteiger partial charge on any atom is -0.358 e. The number of rotatable bonds is 4. The van der Waals surface area contributed by atoms with Crippen molar-refractivity contribution in [1.82, 2.24) is 19.9 Å². The van der Waals surface area contributed by atoms with Gasteiger partial charge < -0.3 is 14.9 Å². The second kappa shape index (κ2) is 6.62. The molecule has 0 atom stereocenters. The Hall–Kier alpha value is -3.00. The van der Waals surface area contributed by atoms with Crippen LogP contribution in [0.25, 0.3) is 21.1 Å². The summed E-state index contributed by atoms with van der Waals surface area (Å²) in [7, 11) is 1.66. The van der Waals surface area contributed by atoms with Gasteiger partial charge in [-0.2, -0.15) is 0 Å². The van der Waals surface area contributed by atoms with E-state index in [0.29, 0.717) is 21.4 Å². The number of thiophene rings is 1. The van der Waals surface area contributed by atoms with E-state index >= 15 is 0 Å². The number of hydrogen-bond donors (Lipinski definition) is 2. The van der Waals surface area contributed by atoms with Crippen LogP contribution in [0.1, 0.15) is 17.1 Å². The van der Waals surface area contributed by atoms with Gasteiger partial charge in [0.2, 0.25) is 5.91 Å². The Morgan fingerprint density at radius 2 is 2.11 bits per heavy atom. The van der Waals surface area contributed by atoms with Crippen LogP contribution in [0.15, 0.2) is 34.4 Å². The number of aromatic nitrogens is 3. The van der Waals surface area contributed by atoms with Crippen molar-refractivity contribution in [3.05, 3.63) is 62.9 Å². The van der Waals surface area contributed by atoms with Gasteiger partial charge in [-0.15, -0.1) is 11.3 Å². The van der Waals surface area contributed by atoms with Gasteiger partial charge in [-0.05, 0) is 42.1 Å². The number of aromatic amines is 2. The molecule has 0 fully saturated rings. The molecule has 0 saturated heterocycles. The maximum Gasteiger partial charge on any atom is 0.268 e. The normalized spacial score (nSPS) is 11.4. The SMILES string of the molecule is Cc1[nH]c2ccc(F)cc2c1CC(=O)N(C)Cc1nc2ccsc2c(=O)[nH]1. The minimum absolute atomic E-state index is 0.136. The van der Waals surface area contributed by atoms with E-state index in [4.69, 9.17) is 0 Å². The van der Waals surface area contributed by atoms with Crippen LogP contribution in [0.2, 0.25) is 0 Å². The van der Waals surface area contributed by atoms with Crippen LogP contribution >= 0.6 is 11.3 Å². The molecule has 4 aromatic rings. The van der Waals surface area contributed by atoms with Gasteiger partial charge in [-0.3, -0.25) is 9.59 Å². The van der Waals surface area contributed by atoms with Crippen molar-refractivity contribution in [2.45, 2.75) is 19.9 Å². The molecule has 0 radical (unpaired) electrons. The molecule has 6 nitrogen and oxygen atoms in total. The Kier molecular flexibility index (Phi) is 4.27. The number of H-pyrrole nitrogens is 2. The molecular weight excluding hydrogens is 367 g/mol. The lowest BCUT2D eigenvalue weighted by Crippen LogP contribution is -2.29. The van der Waals surface area contributed by atoms with Crippen molar-refractivity contribution < 1.29 is 9.18 Å². The molecule has 0 aliphatic carbocycles. The van der Waals surface area contributed by atoms with Crippen molar-refractivity contribution in [2.24, 2.45) is 0 Å². The van der Waals surface area contributed by atoms with Crippen LogP contribution in [0.4, 0.5) is 4.39 Å². The zero-order valence-corrected chi connectivity index (χ0v) is 15.6. The van der Waals surface area contributed by atoms with Gasteiger partial charge in [-0.25, -0.2) is 9.37 Å². The molecule has 0 saturated carbocycles. The Bertz CT molecular complexity index is 1220. The lowest BCUT2D eigenvalue weighted by Gasteiger charge is -2.16.